The fourth-order valence-electron chi connectivity index (χ4n) is 2.05. The summed E-state index contributed by atoms with van der Waals surface area (Å²) in [6, 6.07) is 9.90. The van der Waals surface area contributed by atoms with E-state index in [9.17, 15) is 4.79 Å². The topological polar surface area (TPSA) is 55.1 Å². The third-order valence-corrected chi connectivity index (χ3v) is 3.53. The third-order valence-electron chi connectivity index (χ3n) is 3.32. The molecular weight excluding hydrogens is 256 g/mol. The van der Waals surface area contributed by atoms with E-state index in [2.05, 4.69) is 19.2 Å². The minimum Gasteiger partial charge on any atom is -0.393 e. The average Bonchev–Trinajstić information content (AvgIpc) is 2.39. The summed E-state index contributed by atoms with van der Waals surface area (Å²) in [4.78, 5) is 12.8. The van der Waals surface area contributed by atoms with E-state index in [0.717, 1.165) is 12.0 Å². The number of hydrogen-bond acceptors (Lipinski definition) is 2. The van der Waals surface area contributed by atoms with Crippen LogP contribution >= 0.6 is 12.2 Å². The van der Waals surface area contributed by atoms with Crippen molar-refractivity contribution in [1.29, 1.82) is 0 Å². The van der Waals surface area contributed by atoms with Gasteiger partial charge in [-0.25, -0.2) is 0 Å². The first-order valence-electron chi connectivity index (χ1n) is 6.67. The number of hydrogen-bond donors (Lipinski definition) is 2. The number of nitrogens with two attached hydrogens (primary N) is 1. The Bertz CT molecular complexity index is 419. The van der Waals surface area contributed by atoms with Gasteiger partial charge in [0, 0.05) is 13.0 Å². The van der Waals surface area contributed by atoms with Crippen molar-refractivity contribution in [3.05, 3.63) is 35.9 Å². The lowest BCUT2D eigenvalue weighted by molar-refractivity contribution is -0.123. The van der Waals surface area contributed by atoms with Gasteiger partial charge in [-0.05, 0) is 11.5 Å². The summed E-state index contributed by atoms with van der Waals surface area (Å²) in [6.07, 6.45) is 1.51. The third kappa shape index (κ3) is 4.99. The summed E-state index contributed by atoms with van der Waals surface area (Å²) in [5.41, 5.74) is 6.49. The largest absolute Gasteiger partial charge is 0.393 e. The van der Waals surface area contributed by atoms with Crippen molar-refractivity contribution in [3.8, 4) is 0 Å². The molecule has 2 atom stereocenters. The molecule has 1 amide bonds. The van der Waals surface area contributed by atoms with Crippen LogP contribution in [0.4, 0.5) is 0 Å². The molecule has 19 heavy (non-hydrogen) atoms. The van der Waals surface area contributed by atoms with Crippen molar-refractivity contribution in [1.82, 2.24) is 5.32 Å². The normalized spacial score (nSPS) is 13.6. The summed E-state index contributed by atoms with van der Waals surface area (Å²) >= 11 is 4.81. The Morgan fingerprint density at radius 2 is 2.00 bits per heavy atom. The van der Waals surface area contributed by atoms with Gasteiger partial charge in [0.2, 0.25) is 5.91 Å². The lowest BCUT2D eigenvalue weighted by Gasteiger charge is -2.22. The molecule has 3 N–H and O–H groups in total. The maximum absolute atomic E-state index is 12.3. The Balaban J connectivity index is 2.75. The van der Waals surface area contributed by atoms with Crippen LogP contribution in [0, 0.1) is 5.92 Å². The van der Waals surface area contributed by atoms with Gasteiger partial charge in [0.05, 0.1) is 10.9 Å². The molecule has 0 aromatic heterocycles. The number of nitrogens with one attached hydrogen (secondary N) is 1. The van der Waals surface area contributed by atoms with Crippen LogP contribution in [-0.4, -0.2) is 17.4 Å². The van der Waals surface area contributed by atoms with Crippen molar-refractivity contribution in [2.24, 2.45) is 11.7 Å². The van der Waals surface area contributed by atoms with E-state index in [1.54, 1.807) is 0 Å². The van der Waals surface area contributed by atoms with Gasteiger partial charge in [0.25, 0.3) is 0 Å². The number of thiocarbonyl (C=S) groups is 1. The van der Waals surface area contributed by atoms with E-state index in [-0.39, 0.29) is 11.8 Å². The van der Waals surface area contributed by atoms with Gasteiger partial charge < -0.3 is 11.1 Å². The van der Waals surface area contributed by atoms with Crippen LogP contribution in [0.15, 0.2) is 30.3 Å². The van der Waals surface area contributed by atoms with Crippen LogP contribution in [-0.2, 0) is 4.79 Å². The molecule has 0 aliphatic heterocycles. The first-order valence-corrected chi connectivity index (χ1v) is 7.08. The number of amides is 1. The maximum Gasteiger partial charge on any atom is 0.227 e. The molecule has 0 fully saturated rings. The zero-order chi connectivity index (χ0) is 14.3. The summed E-state index contributed by atoms with van der Waals surface area (Å²) in [5, 5.41) is 2.92. The van der Waals surface area contributed by atoms with Gasteiger partial charge in [-0.15, -0.1) is 0 Å². The molecule has 0 radical (unpaired) electrons. The monoisotopic (exact) mass is 278 g/mol. The second-order valence-corrected chi connectivity index (χ2v) is 5.31. The number of carbonyl (C=O) groups is 1. The second kappa shape index (κ2) is 7.89. The molecule has 1 aromatic rings. The minimum atomic E-state index is -0.113. The van der Waals surface area contributed by atoms with Crippen LogP contribution in [0.2, 0.25) is 0 Å². The van der Waals surface area contributed by atoms with Gasteiger partial charge in [0.15, 0.2) is 0 Å². The highest BCUT2D eigenvalue weighted by Crippen LogP contribution is 2.26. The number of carbonyl (C=O) groups excluding carboxylic acids is 1. The van der Waals surface area contributed by atoms with Crippen molar-refractivity contribution < 1.29 is 4.79 Å². The lowest BCUT2D eigenvalue weighted by atomic mass is 9.85. The van der Waals surface area contributed by atoms with Crippen molar-refractivity contribution >= 4 is 23.1 Å². The molecule has 1 rings (SSSR count). The van der Waals surface area contributed by atoms with Gasteiger partial charge in [-0.3, -0.25) is 4.79 Å². The summed E-state index contributed by atoms with van der Waals surface area (Å²) in [7, 11) is 0. The first-order chi connectivity index (χ1) is 9.06. The van der Waals surface area contributed by atoms with E-state index in [1.165, 1.54) is 0 Å². The highest BCUT2D eigenvalue weighted by atomic mass is 32.1. The zero-order valence-electron chi connectivity index (χ0n) is 11.6. The van der Waals surface area contributed by atoms with Gasteiger partial charge >= 0.3 is 0 Å². The highest BCUT2D eigenvalue weighted by molar-refractivity contribution is 7.80. The van der Waals surface area contributed by atoms with Crippen LogP contribution in [0.3, 0.4) is 0 Å². The van der Waals surface area contributed by atoms with E-state index in [4.69, 9.17) is 18.0 Å². The van der Waals surface area contributed by atoms with Crippen molar-refractivity contribution in [2.45, 2.75) is 32.6 Å². The molecule has 104 valence electrons. The van der Waals surface area contributed by atoms with E-state index in [1.807, 2.05) is 30.3 Å². The molecule has 2 unspecified atom stereocenters. The smallest absolute Gasteiger partial charge is 0.227 e. The SMILES string of the molecule is CCC(C)C(C(=O)NCCC(N)=S)c1ccccc1. The molecule has 0 saturated carbocycles. The van der Waals surface area contributed by atoms with Crippen LogP contribution in [0.1, 0.15) is 38.2 Å². The average molecular weight is 278 g/mol. The summed E-state index contributed by atoms with van der Waals surface area (Å²) in [5.74, 6) is 0.238. The van der Waals surface area contributed by atoms with Crippen LogP contribution in [0.5, 0.6) is 0 Å². The van der Waals surface area contributed by atoms with E-state index < -0.39 is 0 Å². The summed E-state index contributed by atoms with van der Waals surface area (Å²) < 4.78 is 0. The molecular formula is C15H22N2OS. The van der Waals surface area contributed by atoms with E-state index >= 15 is 0 Å². The zero-order valence-corrected chi connectivity index (χ0v) is 12.4. The molecule has 0 spiro atoms. The highest BCUT2D eigenvalue weighted by Gasteiger charge is 2.25. The molecule has 1 aromatic carbocycles. The molecule has 0 bridgehead atoms. The molecule has 0 aliphatic rings. The Labute approximate surface area is 120 Å². The van der Waals surface area contributed by atoms with Crippen molar-refractivity contribution in [3.63, 3.8) is 0 Å². The van der Waals surface area contributed by atoms with Gasteiger partial charge in [-0.1, -0.05) is 62.8 Å². The van der Waals surface area contributed by atoms with Crippen LogP contribution in [0.25, 0.3) is 0 Å². The number of benzene rings is 1. The fraction of sp³-hybridized carbons (Fsp3) is 0.467. The van der Waals surface area contributed by atoms with Crippen LogP contribution < -0.4 is 11.1 Å². The molecule has 3 nitrogen and oxygen atoms in total. The Kier molecular flexibility index (Phi) is 6.50. The first kappa shape index (κ1) is 15.6. The number of rotatable bonds is 7. The Hall–Kier alpha value is -1.42. The second-order valence-electron chi connectivity index (χ2n) is 4.78. The van der Waals surface area contributed by atoms with Gasteiger partial charge in [-0.2, -0.15) is 0 Å². The Morgan fingerprint density at radius 1 is 1.37 bits per heavy atom. The molecule has 0 saturated heterocycles. The quantitative estimate of drug-likeness (QED) is 0.754. The maximum atomic E-state index is 12.3. The predicted molar refractivity (Wildman–Crippen MR) is 83.1 cm³/mol. The molecule has 0 aliphatic carbocycles. The predicted octanol–water partition coefficient (Wildman–Crippen LogP) is 2.61. The summed E-state index contributed by atoms with van der Waals surface area (Å²) in [6.45, 7) is 4.71. The Morgan fingerprint density at radius 3 is 2.53 bits per heavy atom. The molecule has 0 heterocycles. The lowest BCUT2D eigenvalue weighted by Crippen LogP contribution is -2.34. The van der Waals surface area contributed by atoms with Gasteiger partial charge in [0.1, 0.15) is 0 Å². The molecule has 4 heteroatoms. The van der Waals surface area contributed by atoms with E-state index in [0.29, 0.717) is 23.9 Å². The standard InChI is InChI=1S/C15H22N2OS/c1-3-11(2)14(12-7-5-4-6-8-12)15(18)17-10-9-13(16)19/h4-8,11,14H,3,9-10H2,1-2H3,(H2,16,19)(H,17,18). The fourth-order valence-corrected chi connectivity index (χ4v) is 2.16. The van der Waals surface area contributed by atoms with Crippen molar-refractivity contribution in [2.75, 3.05) is 6.54 Å². The minimum absolute atomic E-state index is 0.0526.